The van der Waals surface area contributed by atoms with Gasteiger partial charge >= 0.3 is 0 Å². The summed E-state index contributed by atoms with van der Waals surface area (Å²) in [6.45, 7) is 1.57. The SMILES string of the molecule is COc1ccc(CN(c2ncns2)S(=O)(=O)c2cc(F)c(Oc3ccc(Cl)cc3-c3ncc4cnccn34)cc2F)c(C)c1. The molecule has 3 heterocycles. The summed E-state index contributed by atoms with van der Waals surface area (Å²) < 4.78 is 76.4. The van der Waals surface area contributed by atoms with Crippen molar-refractivity contribution < 1.29 is 26.7 Å². The maximum atomic E-state index is 15.6. The van der Waals surface area contributed by atoms with Crippen LogP contribution in [0.5, 0.6) is 17.2 Å². The van der Waals surface area contributed by atoms with Crippen LogP contribution in [0.1, 0.15) is 11.1 Å². The molecule has 224 valence electrons. The van der Waals surface area contributed by atoms with Gasteiger partial charge in [0.25, 0.3) is 10.0 Å². The third-order valence-corrected chi connectivity index (χ3v) is 9.51. The maximum absolute atomic E-state index is 15.6. The third kappa shape index (κ3) is 5.54. The summed E-state index contributed by atoms with van der Waals surface area (Å²) in [5.74, 6) is -1.77. The fourth-order valence-electron chi connectivity index (χ4n) is 4.50. The summed E-state index contributed by atoms with van der Waals surface area (Å²) in [4.78, 5) is 11.6. The Balaban J connectivity index is 1.37. The molecule has 0 aliphatic carbocycles. The summed E-state index contributed by atoms with van der Waals surface area (Å²) in [6.07, 6.45) is 7.62. The van der Waals surface area contributed by atoms with Crippen LogP contribution in [0.4, 0.5) is 13.9 Å². The first-order valence-electron chi connectivity index (χ1n) is 12.8. The zero-order chi connectivity index (χ0) is 31.0. The zero-order valence-electron chi connectivity index (χ0n) is 23.0. The van der Waals surface area contributed by atoms with Crippen molar-refractivity contribution >= 4 is 43.8 Å². The molecule has 0 amide bonds. The molecule has 44 heavy (non-hydrogen) atoms. The van der Waals surface area contributed by atoms with Gasteiger partial charge in [-0.3, -0.25) is 9.38 Å². The molecular weight excluding hydrogens is 634 g/mol. The molecule has 0 N–H and O–H groups in total. The maximum Gasteiger partial charge on any atom is 0.269 e. The van der Waals surface area contributed by atoms with Crippen LogP contribution in [-0.4, -0.2) is 39.3 Å². The van der Waals surface area contributed by atoms with Gasteiger partial charge in [-0.1, -0.05) is 17.7 Å². The molecule has 10 nitrogen and oxygen atoms in total. The number of rotatable bonds is 9. The number of halogens is 3. The molecule has 6 aromatic rings. The number of nitrogens with zero attached hydrogens (tertiary/aromatic N) is 6. The molecule has 3 aromatic heterocycles. The number of imidazole rings is 1. The fraction of sp³-hybridized carbons (Fsp3) is 0.103. The topological polar surface area (TPSA) is 112 Å². The van der Waals surface area contributed by atoms with Crippen molar-refractivity contribution in [2.75, 3.05) is 11.4 Å². The van der Waals surface area contributed by atoms with Gasteiger partial charge in [0.05, 0.1) is 37.1 Å². The molecule has 0 aliphatic rings. The van der Waals surface area contributed by atoms with Crippen molar-refractivity contribution in [3.63, 3.8) is 0 Å². The van der Waals surface area contributed by atoms with Crippen molar-refractivity contribution in [3.8, 4) is 28.6 Å². The standard InChI is InChI=1S/C29H21ClF2N6O4S2/c1-17-9-21(41-2)5-3-18(17)15-38(29-35-16-36-43-29)44(39,40)27-12-23(31)26(11-24(27)32)42-25-6-4-19(30)10-22(25)28-34-14-20-13-33-7-8-37(20)28/h3-14,16H,15H2,1-2H3. The number of hydrogen-bond acceptors (Lipinski definition) is 9. The molecule has 0 bridgehead atoms. The molecule has 3 aromatic carbocycles. The van der Waals surface area contributed by atoms with E-state index in [0.29, 0.717) is 45.4 Å². The van der Waals surface area contributed by atoms with Crippen LogP contribution >= 0.6 is 23.1 Å². The first-order valence-corrected chi connectivity index (χ1v) is 15.4. The van der Waals surface area contributed by atoms with Gasteiger partial charge in [0.2, 0.25) is 5.13 Å². The van der Waals surface area contributed by atoms with Gasteiger partial charge in [-0.2, -0.15) is 4.37 Å². The Morgan fingerprint density at radius 1 is 1.02 bits per heavy atom. The Labute approximate surface area is 259 Å². The Hall–Kier alpha value is -4.66. The van der Waals surface area contributed by atoms with E-state index in [1.165, 1.54) is 25.6 Å². The Bertz CT molecular complexity index is 2110. The van der Waals surface area contributed by atoms with Crippen LogP contribution in [0.15, 0.2) is 84.5 Å². The molecule has 0 aliphatic heterocycles. The fourth-order valence-corrected chi connectivity index (χ4v) is 6.86. The first kappa shape index (κ1) is 29.4. The molecular formula is C29H21ClF2N6O4S2. The Kier molecular flexibility index (Phi) is 7.88. The van der Waals surface area contributed by atoms with Gasteiger partial charge in [-0.15, -0.1) is 0 Å². The molecule has 6 rings (SSSR count). The quantitative estimate of drug-likeness (QED) is 0.170. The van der Waals surface area contributed by atoms with Crippen LogP contribution in [-0.2, 0) is 16.6 Å². The monoisotopic (exact) mass is 654 g/mol. The predicted octanol–water partition coefficient (Wildman–Crippen LogP) is 6.68. The van der Waals surface area contributed by atoms with E-state index in [9.17, 15) is 8.42 Å². The van der Waals surface area contributed by atoms with Crippen LogP contribution in [0.25, 0.3) is 16.9 Å². The summed E-state index contributed by atoms with van der Waals surface area (Å²) in [6, 6.07) is 10.9. The molecule has 0 unspecified atom stereocenters. The lowest BCUT2D eigenvalue weighted by Gasteiger charge is -2.23. The highest BCUT2D eigenvalue weighted by Crippen LogP contribution is 2.38. The Morgan fingerprint density at radius 3 is 2.61 bits per heavy atom. The molecule has 0 radical (unpaired) electrons. The van der Waals surface area contributed by atoms with E-state index in [4.69, 9.17) is 21.1 Å². The number of aryl methyl sites for hydroxylation is 1. The van der Waals surface area contributed by atoms with Crippen molar-refractivity contribution in [1.82, 2.24) is 23.7 Å². The molecule has 0 saturated heterocycles. The van der Waals surface area contributed by atoms with Crippen molar-refractivity contribution in [2.45, 2.75) is 18.4 Å². The van der Waals surface area contributed by atoms with Gasteiger partial charge in [0, 0.05) is 41.1 Å². The minimum Gasteiger partial charge on any atom is -0.497 e. The lowest BCUT2D eigenvalue weighted by atomic mass is 10.1. The van der Waals surface area contributed by atoms with Crippen molar-refractivity contribution in [1.29, 1.82) is 0 Å². The van der Waals surface area contributed by atoms with E-state index < -0.39 is 32.3 Å². The minimum absolute atomic E-state index is 0.0201. The summed E-state index contributed by atoms with van der Waals surface area (Å²) >= 11 is 7.04. The molecule has 0 fully saturated rings. The van der Waals surface area contributed by atoms with Crippen LogP contribution in [0, 0.1) is 18.6 Å². The minimum atomic E-state index is -4.67. The van der Waals surface area contributed by atoms with E-state index in [2.05, 4.69) is 19.3 Å². The van der Waals surface area contributed by atoms with E-state index in [1.54, 1.807) is 60.4 Å². The lowest BCUT2D eigenvalue weighted by Crippen LogP contribution is -2.31. The second-order valence-corrected chi connectivity index (χ2v) is 12.5. The number of sulfonamides is 1. The number of methoxy groups -OCH3 is 1. The largest absolute Gasteiger partial charge is 0.497 e. The first-order chi connectivity index (χ1) is 21.2. The summed E-state index contributed by atoms with van der Waals surface area (Å²) in [7, 11) is -3.15. The highest BCUT2D eigenvalue weighted by molar-refractivity contribution is 7.93. The number of aromatic nitrogens is 5. The smallest absolute Gasteiger partial charge is 0.269 e. The van der Waals surface area contributed by atoms with Crippen LogP contribution in [0.2, 0.25) is 5.02 Å². The summed E-state index contributed by atoms with van der Waals surface area (Å²) in [5.41, 5.74) is 2.40. The van der Waals surface area contributed by atoms with Crippen molar-refractivity contribution in [2.24, 2.45) is 0 Å². The molecule has 0 saturated carbocycles. The average Bonchev–Trinajstić information content (AvgIpc) is 3.69. The van der Waals surface area contributed by atoms with Gasteiger partial charge in [-0.05, 0) is 48.4 Å². The third-order valence-electron chi connectivity index (χ3n) is 6.72. The molecule has 15 heteroatoms. The van der Waals surface area contributed by atoms with E-state index in [-0.39, 0.29) is 17.4 Å². The summed E-state index contributed by atoms with van der Waals surface area (Å²) in [5, 5.41) is 0.336. The van der Waals surface area contributed by atoms with E-state index >= 15 is 8.78 Å². The van der Waals surface area contributed by atoms with Crippen LogP contribution in [0.3, 0.4) is 0 Å². The van der Waals surface area contributed by atoms with Gasteiger partial charge < -0.3 is 9.47 Å². The highest BCUT2D eigenvalue weighted by Gasteiger charge is 2.32. The normalized spacial score (nSPS) is 11.6. The second kappa shape index (κ2) is 11.8. The predicted molar refractivity (Wildman–Crippen MR) is 161 cm³/mol. The Morgan fingerprint density at radius 2 is 1.86 bits per heavy atom. The molecule has 0 atom stereocenters. The number of benzene rings is 3. The van der Waals surface area contributed by atoms with Crippen LogP contribution < -0.4 is 13.8 Å². The van der Waals surface area contributed by atoms with Gasteiger partial charge in [0.1, 0.15) is 34.4 Å². The number of fused-ring (bicyclic) bond motifs is 1. The highest BCUT2D eigenvalue weighted by atomic mass is 35.5. The van der Waals surface area contributed by atoms with Crippen molar-refractivity contribution in [3.05, 3.63) is 107 Å². The molecule has 0 spiro atoms. The number of anilines is 1. The number of hydrogen-bond donors (Lipinski definition) is 0. The average molecular weight is 655 g/mol. The second-order valence-electron chi connectivity index (χ2n) is 9.44. The number of ether oxygens (including phenoxy) is 2. The van der Waals surface area contributed by atoms with Gasteiger partial charge in [0.15, 0.2) is 11.6 Å². The van der Waals surface area contributed by atoms with E-state index in [0.717, 1.165) is 21.4 Å². The zero-order valence-corrected chi connectivity index (χ0v) is 25.4. The van der Waals surface area contributed by atoms with Gasteiger partial charge in [-0.25, -0.2) is 31.5 Å². The lowest BCUT2D eigenvalue weighted by molar-refractivity contribution is 0.414. The van der Waals surface area contributed by atoms with E-state index in [1.807, 2.05) is 0 Å².